The first kappa shape index (κ1) is 16.8. The fourth-order valence-electron chi connectivity index (χ4n) is 2.37. The summed E-state index contributed by atoms with van der Waals surface area (Å²) in [5.41, 5.74) is 3.97. The van der Waals surface area contributed by atoms with Crippen LogP contribution in [0.25, 0.3) is 10.9 Å². The first-order valence-corrected chi connectivity index (χ1v) is 6.58. The average Bonchev–Trinajstić information content (AvgIpc) is 2.71. The fourth-order valence-corrected chi connectivity index (χ4v) is 2.37. The Labute approximate surface area is 137 Å². The second kappa shape index (κ2) is 7.52. The molecule has 2 aromatic rings. The van der Waals surface area contributed by atoms with Gasteiger partial charge < -0.3 is 15.2 Å². The van der Waals surface area contributed by atoms with Crippen LogP contribution in [0.15, 0.2) is 29.4 Å². The number of halogens is 1. The van der Waals surface area contributed by atoms with E-state index >= 15 is 0 Å². The summed E-state index contributed by atoms with van der Waals surface area (Å²) in [5, 5.41) is 7.65. The number of fused-ring (bicyclic) bond motifs is 1. The highest BCUT2D eigenvalue weighted by atomic mass is 127. The Hall–Kier alpha value is -1.24. The highest BCUT2D eigenvalue weighted by Crippen LogP contribution is 2.22. The molecule has 0 unspecified atom stereocenters. The van der Waals surface area contributed by atoms with Crippen LogP contribution < -0.4 is 10.6 Å². The lowest BCUT2D eigenvalue weighted by Crippen LogP contribution is -2.35. The number of nitrogens with zero attached hydrogens (tertiary/aromatic N) is 2. The van der Waals surface area contributed by atoms with Gasteiger partial charge in [0.15, 0.2) is 5.96 Å². The van der Waals surface area contributed by atoms with Crippen molar-refractivity contribution in [2.45, 2.75) is 13.3 Å². The van der Waals surface area contributed by atoms with Gasteiger partial charge in [0, 0.05) is 44.8 Å². The number of hydrogen-bond acceptors (Lipinski definition) is 1. The minimum absolute atomic E-state index is 0. The second-order valence-electron chi connectivity index (χ2n) is 4.78. The maximum atomic E-state index is 4.11. The Morgan fingerprint density at radius 2 is 2.10 bits per heavy atom. The van der Waals surface area contributed by atoms with Crippen molar-refractivity contribution < 1.29 is 0 Å². The molecule has 1 aromatic heterocycles. The van der Waals surface area contributed by atoms with E-state index in [-0.39, 0.29) is 24.0 Å². The number of aryl methyl sites for hydroxylation is 2. The number of hydrogen-bond donors (Lipinski definition) is 2. The van der Waals surface area contributed by atoms with Crippen LogP contribution in [0.2, 0.25) is 0 Å². The van der Waals surface area contributed by atoms with E-state index in [1.807, 2.05) is 7.05 Å². The Kier molecular flexibility index (Phi) is 6.32. The predicted octanol–water partition coefficient (Wildman–Crippen LogP) is 2.44. The topological polar surface area (TPSA) is 41.4 Å². The van der Waals surface area contributed by atoms with Crippen molar-refractivity contribution in [2.75, 3.05) is 20.6 Å². The lowest BCUT2D eigenvalue weighted by atomic mass is 10.1. The zero-order valence-electron chi connectivity index (χ0n) is 12.5. The summed E-state index contributed by atoms with van der Waals surface area (Å²) >= 11 is 0. The van der Waals surface area contributed by atoms with Gasteiger partial charge in [-0.2, -0.15) is 0 Å². The van der Waals surface area contributed by atoms with Crippen LogP contribution in [0, 0.1) is 6.92 Å². The van der Waals surface area contributed by atoms with E-state index < -0.39 is 0 Å². The predicted molar refractivity (Wildman–Crippen MR) is 97.2 cm³/mol. The van der Waals surface area contributed by atoms with Gasteiger partial charge in [0.2, 0.25) is 0 Å². The zero-order valence-corrected chi connectivity index (χ0v) is 14.9. The van der Waals surface area contributed by atoms with Crippen LogP contribution in [0.5, 0.6) is 0 Å². The molecule has 0 saturated heterocycles. The molecule has 0 saturated carbocycles. The summed E-state index contributed by atoms with van der Waals surface area (Å²) in [6.45, 7) is 3.01. The van der Waals surface area contributed by atoms with E-state index in [1.54, 1.807) is 7.05 Å². The molecular weight excluding hydrogens is 363 g/mol. The molecule has 0 radical (unpaired) electrons. The number of benzene rings is 1. The van der Waals surface area contributed by atoms with Crippen LogP contribution in [0.3, 0.4) is 0 Å². The standard InChI is InChI=1S/C15H22N4.HI/c1-11-5-6-13-12(10-19(4)14(13)9-11)7-8-18-15(16-2)17-3;/h5-6,9-10H,7-8H2,1-4H3,(H2,16,17,18);1H. The molecule has 110 valence electrons. The van der Waals surface area contributed by atoms with Crippen molar-refractivity contribution in [2.24, 2.45) is 12.0 Å². The lowest BCUT2D eigenvalue weighted by molar-refractivity contribution is 0.832. The Morgan fingerprint density at radius 3 is 2.75 bits per heavy atom. The molecule has 0 atom stereocenters. The molecule has 1 heterocycles. The maximum absolute atomic E-state index is 4.11. The van der Waals surface area contributed by atoms with E-state index in [4.69, 9.17) is 0 Å². The summed E-state index contributed by atoms with van der Waals surface area (Å²) in [6.07, 6.45) is 3.20. The first-order valence-electron chi connectivity index (χ1n) is 6.58. The van der Waals surface area contributed by atoms with E-state index in [1.165, 1.54) is 22.0 Å². The molecule has 0 aliphatic carbocycles. The maximum Gasteiger partial charge on any atom is 0.190 e. The third-order valence-corrected chi connectivity index (χ3v) is 3.38. The Balaban J connectivity index is 0.00000200. The third-order valence-electron chi connectivity index (χ3n) is 3.38. The van der Waals surface area contributed by atoms with Crippen molar-refractivity contribution in [1.29, 1.82) is 0 Å². The molecule has 0 amide bonds. The van der Waals surface area contributed by atoms with E-state index in [0.717, 1.165) is 18.9 Å². The van der Waals surface area contributed by atoms with Crippen molar-refractivity contribution in [1.82, 2.24) is 15.2 Å². The SMILES string of the molecule is CN=C(NC)NCCc1cn(C)c2cc(C)ccc12.I. The van der Waals surface area contributed by atoms with Crippen molar-refractivity contribution in [3.8, 4) is 0 Å². The van der Waals surface area contributed by atoms with Crippen LogP contribution >= 0.6 is 24.0 Å². The number of aliphatic imine (C=N–C) groups is 1. The highest BCUT2D eigenvalue weighted by molar-refractivity contribution is 14.0. The van der Waals surface area contributed by atoms with Crippen LogP contribution in [-0.2, 0) is 13.5 Å². The average molecular weight is 386 g/mol. The summed E-state index contributed by atoms with van der Waals surface area (Å²) in [4.78, 5) is 4.11. The first-order chi connectivity index (χ1) is 9.15. The molecule has 0 spiro atoms. The molecule has 0 aliphatic rings. The largest absolute Gasteiger partial charge is 0.359 e. The summed E-state index contributed by atoms with van der Waals surface area (Å²) in [7, 11) is 5.75. The summed E-state index contributed by atoms with van der Waals surface area (Å²) in [6, 6.07) is 6.62. The van der Waals surface area contributed by atoms with Gasteiger partial charge >= 0.3 is 0 Å². The monoisotopic (exact) mass is 386 g/mol. The molecule has 20 heavy (non-hydrogen) atoms. The van der Waals surface area contributed by atoms with Crippen molar-refractivity contribution in [3.63, 3.8) is 0 Å². The number of rotatable bonds is 3. The molecule has 0 aliphatic heterocycles. The van der Waals surface area contributed by atoms with Gasteiger partial charge in [-0.25, -0.2) is 0 Å². The molecule has 0 bridgehead atoms. The molecular formula is C15H23IN4. The molecule has 1 aromatic carbocycles. The van der Waals surface area contributed by atoms with E-state index in [9.17, 15) is 0 Å². The van der Waals surface area contributed by atoms with Gasteiger partial charge in [0.1, 0.15) is 0 Å². The van der Waals surface area contributed by atoms with Gasteiger partial charge in [-0.05, 0) is 30.5 Å². The lowest BCUT2D eigenvalue weighted by Gasteiger charge is -2.07. The summed E-state index contributed by atoms with van der Waals surface area (Å²) < 4.78 is 2.20. The second-order valence-corrected chi connectivity index (χ2v) is 4.78. The minimum Gasteiger partial charge on any atom is -0.359 e. The Morgan fingerprint density at radius 1 is 1.35 bits per heavy atom. The van der Waals surface area contributed by atoms with Gasteiger partial charge in [0.05, 0.1) is 0 Å². The van der Waals surface area contributed by atoms with E-state index in [2.05, 4.69) is 58.6 Å². The highest BCUT2D eigenvalue weighted by Gasteiger charge is 2.06. The van der Waals surface area contributed by atoms with E-state index in [0.29, 0.717) is 0 Å². The van der Waals surface area contributed by atoms with Gasteiger partial charge in [-0.3, -0.25) is 4.99 Å². The van der Waals surface area contributed by atoms with Crippen LogP contribution in [0.1, 0.15) is 11.1 Å². The van der Waals surface area contributed by atoms with Crippen molar-refractivity contribution in [3.05, 3.63) is 35.5 Å². The van der Waals surface area contributed by atoms with Crippen LogP contribution in [0.4, 0.5) is 0 Å². The molecule has 2 rings (SSSR count). The normalized spacial score (nSPS) is 11.3. The van der Waals surface area contributed by atoms with Crippen LogP contribution in [-0.4, -0.2) is 31.2 Å². The Bertz CT molecular complexity index is 601. The number of nitrogens with one attached hydrogen (secondary N) is 2. The number of guanidine groups is 1. The van der Waals surface area contributed by atoms with Gasteiger partial charge in [-0.1, -0.05) is 12.1 Å². The minimum atomic E-state index is 0. The third kappa shape index (κ3) is 3.65. The quantitative estimate of drug-likeness (QED) is 0.484. The molecule has 0 fully saturated rings. The smallest absolute Gasteiger partial charge is 0.190 e. The molecule has 4 nitrogen and oxygen atoms in total. The van der Waals surface area contributed by atoms with Gasteiger partial charge in [0.25, 0.3) is 0 Å². The van der Waals surface area contributed by atoms with Gasteiger partial charge in [-0.15, -0.1) is 24.0 Å². The molecule has 2 N–H and O–H groups in total. The van der Waals surface area contributed by atoms with Crippen molar-refractivity contribution >= 4 is 40.8 Å². The summed E-state index contributed by atoms with van der Waals surface area (Å²) in [5.74, 6) is 0.830. The zero-order chi connectivity index (χ0) is 13.8. The molecule has 5 heteroatoms. The fraction of sp³-hybridized carbons (Fsp3) is 0.400. The number of aromatic nitrogens is 1.